The van der Waals surface area contributed by atoms with Crippen molar-refractivity contribution >= 4 is 17.6 Å². The molecule has 0 spiro atoms. The van der Waals surface area contributed by atoms with Crippen molar-refractivity contribution in [3.63, 3.8) is 0 Å². The van der Waals surface area contributed by atoms with Crippen molar-refractivity contribution in [1.82, 2.24) is 14.7 Å². The summed E-state index contributed by atoms with van der Waals surface area (Å²) in [7, 11) is 0. The number of benzene rings is 1. The Morgan fingerprint density at radius 2 is 1.67 bits per heavy atom. The fraction of sp³-hybridized carbons (Fsp3) is 0.450. The molecule has 142 valence electrons. The van der Waals surface area contributed by atoms with Gasteiger partial charge in [-0.05, 0) is 18.2 Å². The Kier molecular flexibility index (Phi) is 4.78. The second kappa shape index (κ2) is 7.23. The van der Waals surface area contributed by atoms with Gasteiger partial charge in [0.15, 0.2) is 6.30 Å². The van der Waals surface area contributed by atoms with Gasteiger partial charge in [-0.15, -0.1) is 0 Å². The van der Waals surface area contributed by atoms with E-state index in [0.29, 0.717) is 30.1 Å². The van der Waals surface area contributed by atoms with Crippen LogP contribution < -0.4 is 0 Å². The minimum atomic E-state index is -1.17. The van der Waals surface area contributed by atoms with Crippen molar-refractivity contribution in [2.24, 2.45) is 10.9 Å². The van der Waals surface area contributed by atoms with Gasteiger partial charge < -0.3 is 4.90 Å². The summed E-state index contributed by atoms with van der Waals surface area (Å²) in [5.74, 6) is 0.119. The van der Waals surface area contributed by atoms with Crippen molar-refractivity contribution in [3.8, 4) is 0 Å². The van der Waals surface area contributed by atoms with Crippen LogP contribution in [0.1, 0.15) is 27.6 Å². The fourth-order valence-corrected chi connectivity index (χ4v) is 3.69. The number of hydrogen-bond acceptors (Lipinski definition) is 5. The van der Waals surface area contributed by atoms with Gasteiger partial charge >= 0.3 is 0 Å². The first-order chi connectivity index (χ1) is 13.0. The zero-order valence-corrected chi connectivity index (χ0v) is 15.3. The zero-order valence-electron chi connectivity index (χ0n) is 15.3. The third kappa shape index (κ3) is 3.39. The Bertz CT molecular complexity index is 779. The van der Waals surface area contributed by atoms with Crippen LogP contribution >= 0.6 is 0 Å². The van der Waals surface area contributed by atoms with Gasteiger partial charge in [-0.3, -0.25) is 19.4 Å². The maximum Gasteiger partial charge on any atom is 0.261 e. The van der Waals surface area contributed by atoms with Crippen LogP contribution in [0.4, 0.5) is 4.39 Å². The van der Waals surface area contributed by atoms with E-state index in [0.717, 1.165) is 26.2 Å². The summed E-state index contributed by atoms with van der Waals surface area (Å²) in [6.45, 7) is 5.95. The molecule has 0 aliphatic carbocycles. The number of amidine groups is 1. The second-order valence-corrected chi connectivity index (χ2v) is 7.21. The van der Waals surface area contributed by atoms with Crippen LogP contribution in [0, 0.1) is 5.92 Å². The number of rotatable bonds is 3. The molecule has 1 saturated heterocycles. The number of aliphatic imine (C=N–C) groups is 1. The summed E-state index contributed by atoms with van der Waals surface area (Å²) in [6.07, 6.45) is 2.59. The molecule has 3 heterocycles. The number of carbonyl (C=O) groups excluding carboxylic acids is 2. The largest absolute Gasteiger partial charge is 0.354 e. The fourth-order valence-electron chi connectivity index (χ4n) is 3.69. The van der Waals surface area contributed by atoms with Gasteiger partial charge in [0.2, 0.25) is 0 Å². The Balaban J connectivity index is 1.30. The van der Waals surface area contributed by atoms with E-state index in [1.54, 1.807) is 24.3 Å². The van der Waals surface area contributed by atoms with Crippen molar-refractivity contribution < 1.29 is 14.0 Å². The molecule has 1 aromatic carbocycles. The number of hydrogen-bond donors (Lipinski definition) is 0. The Morgan fingerprint density at radius 3 is 2.26 bits per heavy atom. The highest BCUT2D eigenvalue weighted by atomic mass is 19.1. The standard InChI is InChI=1S/C20H23FN4O2/c1-14-6-7-17(22-18(14)21)24-11-8-23(9-12-24)10-13-25-19(26)15-4-2-3-5-16(15)20(25)27/h2-7,14,18H,8-13H2,1H3. The molecule has 0 radical (unpaired) electrons. The van der Waals surface area contributed by atoms with E-state index in [-0.39, 0.29) is 17.7 Å². The molecule has 4 rings (SSSR count). The Hall–Kier alpha value is -2.54. The van der Waals surface area contributed by atoms with Crippen LogP contribution in [-0.4, -0.2) is 77.9 Å². The highest BCUT2D eigenvalue weighted by molar-refractivity contribution is 6.21. The number of dihydropyridines is 1. The number of imide groups is 1. The van der Waals surface area contributed by atoms with Crippen LogP contribution in [0.3, 0.4) is 0 Å². The number of halogens is 1. The molecule has 1 fully saturated rings. The molecule has 3 aliphatic heterocycles. The summed E-state index contributed by atoms with van der Waals surface area (Å²) < 4.78 is 13.8. The van der Waals surface area contributed by atoms with E-state index >= 15 is 0 Å². The number of fused-ring (bicyclic) bond motifs is 1. The molecule has 2 unspecified atom stereocenters. The number of piperazine rings is 1. The minimum absolute atomic E-state index is 0.172. The summed E-state index contributed by atoms with van der Waals surface area (Å²) in [4.78, 5) is 34.6. The molecule has 2 atom stereocenters. The van der Waals surface area contributed by atoms with Crippen molar-refractivity contribution in [1.29, 1.82) is 0 Å². The SMILES string of the molecule is CC1C=CC(N2CCN(CCN3C(=O)c4ccccc4C3=O)CC2)=NC1F. The molecule has 1 aromatic rings. The third-order valence-electron chi connectivity index (χ3n) is 5.45. The van der Waals surface area contributed by atoms with Gasteiger partial charge in [0.25, 0.3) is 11.8 Å². The van der Waals surface area contributed by atoms with Gasteiger partial charge in [-0.2, -0.15) is 0 Å². The van der Waals surface area contributed by atoms with E-state index < -0.39 is 6.30 Å². The lowest BCUT2D eigenvalue weighted by atomic mass is 10.1. The summed E-state index contributed by atoms with van der Waals surface area (Å²) in [6, 6.07) is 6.95. The van der Waals surface area contributed by atoms with Gasteiger partial charge in [-0.25, -0.2) is 9.38 Å². The minimum Gasteiger partial charge on any atom is -0.354 e. The first-order valence-corrected chi connectivity index (χ1v) is 9.37. The first-order valence-electron chi connectivity index (χ1n) is 9.37. The molecule has 2 amide bonds. The maximum absolute atomic E-state index is 13.8. The molecule has 0 N–H and O–H groups in total. The molecule has 0 bridgehead atoms. The summed E-state index contributed by atoms with van der Waals surface area (Å²) in [5.41, 5.74) is 0.980. The highest BCUT2D eigenvalue weighted by Gasteiger charge is 2.35. The highest BCUT2D eigenvalue weighted by Crippen LogP contribution is 2.22. The molecular weight excluding hydrogens is 347 g/mol. The van der Waals surface area contributed by atoms with Gasteiger partial charge in [0, 0.05) is 45.2 Å². The van der Waals surface area contributed by atoms with Gasteiger partial charge in [0.05, 0.1) is 11.1 Å². The van der Waals surface area contributed by atoms with Crippen LogP contribution in [-0.2, 0) is 0 Å². The number of carbonyl (C=O) groups is 2. The molecule has 6 nitrogen and oxygen atoms in total. The lowest BCUT2D eigenvalue weighted by Crippen LogP contribution is -2.50. The Labute approximate surface area is 157 Å². The van der Waals surface area contributed by atoms with E-state index in [2.05, 4.69) is 14.8 Å². The van der Waals surface area contributed by atoms with Crippen LogP contribution in [0.2, 0.25) is 0 Å². The number of nitrogens with zero attached hydrogens (tertiary/aromatic N) is 4. The molecule has 3 aliphatic rings. The predicted molar refractivity (Wildman–Crippen MR) is 100 cm³/mol. The Morgan fingerprint density at radius 1 is 1.04 bits per heavy atom. The van der Waals surface area contributed by atoms with E-state index in [4.69, 9.17) is 0 Å². The smallest absolute Gasteiger partial charge is 0.261 e. The van der Waals surface area contributed by atoms with Crippen molar-refractivity contribution in [3.05, 3.63) is 47.5 Å². The first kappa shape index (κ1) is 17.9. The monoisotopic (exact) mass is 370 g/mol. The lowest BCUT2D eigenvalue weighted by molar-refractivity contribution is 0.0626. The zero-order chi connectivity index (χ0) is 19.0. The quantitative estimate of drug-likeness (QED) is 0.601. The van der Waals surface area contributed by atoms with E-state index in [1.807, 2.05) is 19.1 Å². The van der Waals surface area contributed by atoms with Crippen LogP contribution in [0.5, 0.6) is 0 Å². The van der Waals surface area contributed by atoms with Gasteiger partial charge in [0.1, 0.15) is 5.84 Å². The molecule has 0 saturated carbocycles. The normalized spacial score (nSPS) is 25.8. The molecule has 0 aromatic heterocycles. The lowest BCUT2D eigenvalue weighted by Gasteiger charge is -2.37. The average Bonchev–Trinajstić information content (AvgIpc) is 2.93. The predicted octanol–water partition coefficient (Wildman–Crippen LogP) is 1.80. The van der Waals surface area contributed by atoms with E-state index in [1.165, 1.54) is 4.90 Å². The average molecular weight is 370 g/mol. The van der Waals surface area contributed by atoms with Crippen LogP contribution in [0.25, 0.3) is 0 Å². The topological polar surface area (TPSA) is 56.2 Å². The summed E-state index contributed by atoms with van der Waals surface area (Å²) in [5, 5.41) is 0. The van der Waals surface area contributed by atoms with E-state index in [9.17, 15) is 14.0 Å². The van der Waals surface area contributed by atoms with Crippen molar-refractivity contribution in [2.75, 3.05) is 39.3 Å². The molecule has 27 heavy (non-hydrogen) atoms. The number of amides is 2. The maximum atomic E-state index is 13.8. The third-order valence-corrected chi connectivity index (χ3v) is 5.45. The second-order valence-electron chi connectivity index (χ2n) is 7.21. The summed E-state index contributed by atoms with van der Waals surface area (Å²) >= 11 is 0. The molecular formula is C20H23FN4O2. The van der Waals surface area contributed by atoms with Gasteiger partial charge in [-0.1, -0.05) is 25.1 Å². The molecule has 7 heteroatoms. The number of alkyl halides is 1. The van der Waals surface area contributed by atoms with Crippen molar-refractivity contribution in [2.45, 2.75) is 13.2 Å². The van der Waals surface area contributed by atoms with Crippen LogP contribution in [0.15, 0.2) is 41.4 Å².